The molecule has 2 aliphatic rings. The number of anilines is 3. The molecule has 188 valence electrons. The lowest BCUT2D eigenvalue weighted by Gasteiger charge is -2.25. The Hall–Kier alpha value is -4.02. The van der Waals surface area contributed by atoms with Crippen molar-refractivity contribution in [2.45, 2.75) is 57.2 Å². The van der Waals surface area contributed by atoms with Gasteiger partial charge in [0.25, 0.3) is 0 Å². The van der Waals surface area contributed by atoms with Crippen LogP contribution in [0, 0.1) is 11.6 Å². The van der Waals surface area contributed by atoms with Crippen LogP contribution >= 0.6 is 0 Å². The number of halogens is 2. The molecule has 2 fully saturated rings. The zero-order chi connectivity index (χ0) is 25.4. The highest BCUT2D eigenvalue weighted by atomic mass is 19.1. The van der Waals surface area contributed by atoms with Gasteiger partial charge in [0.1, 0.15) is 17.7 Å². The predicted octanol–water partition coefficient (Wildman–Crippen LogP) is 3.85. The van der Waals surface area contributed by atoms with Gasteiger partial charge in [-0.2, -0.15) is 5.10 Å². The topological polar surface area (TPSA) is 129 Å². The van der Waals surface area contributed by atoms with Crippen LogP contribution in [0.4, 0.5) is 26.2 Å². The van der Waals surface area contributed by atoms with Crippen LogP contribution in [0.3, 0.4) is 0 Å². The smallest absolute Gasteiger partial charge is 0.240 e. The van der Waals surface area contributed by atoms with Crippen LogP contribution in [-0.4, -0.2) is 37.9 Å². The lowest BCUT2D eigenvalue weighted by Crippen LogP contribution is -2.41. The Labute approximate surface area is 206 Å². The third-order valence-corrected chi connectivity index (χ3v) is 6.64. The van der Waals surface area contributed by atoms with E-state index in [0.717, 1.165) is 24.1 Å². The Bertz CT molecular complexity index is 1290. The Morgan fingerprint density at radius 2 is 1.94 bits per heavy atom. The highest BCUT2D eigenvalue weighted by Crippen LogP contribution is 2.40. The molecular weight excluding hydrogens is 468 g/mol. The number of pyridine rings is 1. The van der Waals surface area contributed by atoms with E-state index in [-0.39, 0.29) is 36.5 Å². The van der Waals surface area contributed by atoms with E-state index in [1.54, 1.807) is 12.1 Å². The fourth-order valence-corrected chi connectivity index (χ4v) is 4.44. The molecule has 1 aliphatic heterocycles. The standard InChI is InChI=1S/C25H27F2N7O2/c1-13(14-4-6-17(26)7-5-14)29-24-16(12-34-20(23(28)36)8-9-22(34)35)10-18(27)25(31-24)30-21-11-19(32-33-21)15-2-3-15/h4-7,10-11,13,15,20H,2-3,8-9,12H2,1H3,(H2,28,36)(H3,29,30,31,32,33)/t13-,20?/m0/s1. The molecule has 0 bridgehead atoms. The maximum Gasteiger partial charge on any atom is 0.240 e. The third kappa shape index (κ3) is 5.00. The zero-order valence-corrected chi connectivity index (χ0v) is 19.7. The molecule has 5 rings (SSSR count). The number of aromatic nitrogens is 3. The van der Waals surface area contributed by atoms with Crippen molar-refractivity contribution >= 4 is 29.3 Å². The molecule has 11 heteroatoms. The Kier molecular flexibility index (Phi) is 6.29. The molecule has 1 aliphatic carbocycles. The minimum absolute atomic E-state index is 0.0383. The molecule has 5 N–H and O–H groups in total. The fourth-order valence-electron chi connectivity index (χ4n) is 4.44. The number of carbonyl (C=O) groups excluding carboxylic acids is 2. The quantitative estimate of drug-likeness (QED) is 0.357. The lowest BCUT2D eigenvalue weighted by atomic mass is 10.1. The van der Waals surface area contributed by atoms with Gasteiger partial charge in [0.15, 0.2) is 17.5 Å². The molecule has 3 heterocycles. The average molecular weight is 496 g/mol. The number of nitrogens with two attached hydrogens (primary N) is 1. The summed E-state index contributed by atoms with van der Waals surface area (Å²) in [5, 5.41) is 13.3. The molecule has 9 nitrogen and oxygen atoms in total. The average Bonchev–Trinajstić information content (AvgIpc) is 3.48. The summed E-state index contributed by atoms with van der Waals surface area (Å²) in [7, 11) is 0. The van der Waals surface area contributed by atoms with Gasteiger partial charge in [0, 0.05) is 35.7 Å². The SMILES string of the molecule is C[C@H](Nc1nc(Nc2cc(C3CC3)[nH]n2)c(F)cc1CN1C(=O)CCC1C(N)=O)c1ccc(F)cc1. The molecule has 1 aromatic carbocycles. The summed E-state index contributed by atoms with van der Waals surface area (Å²) in [5.41, 5.74) is 7.65. The van der Waals surface area contributed by atoms with Gasteiger partial charge in [-0.05, 0) is 49.9 Å². The number of aromatic amines is 1. The van der Waals surface area contributed by atoms with Crippen LogP contribution in [0.25, 0.3) is 0 Å². The molecule has 0 spiro atoms. The van der Waals surface area contributed by atoms with Crippen LogP contribution < -0.4 is 16.4 Å². The van der Waals surface area contributed by atoms with Crippen LogP contribution in [0.2, 0.25) is 0 Å². The summed E-state index contributed by atoms with van der Waals surface area (Å²) in [6.07, 6.45) is 2.71. The molecule has 1 saturated carbocycles. The minimum atomic E-state index is -0.759. The van der Waals surface area contributed by atoms with Crippen molar-refractivity contribution in [3.05, 3.63) is 64.9 Å². The first kappa shape index (κ1) is 23.7. The number of primary amides is 1. The second-order valence-electron chi connectivity index (χ2n) is 9.33. The van der Waals surface area contributed by atoms with E-state index in [1.807, 2.05) is 13.0 Å². The van der Waals surface area contributed by atoms with E-state index < -0.39 is 17.8 Å². The second-order valence-corrected chi connectivity index (χ2v) is 9.33. The van der Waals surface area contributed by atoms with Gasteiger partial charge in [0.2, 0.25) is 11.8 Å². The van der Waals surface area contributed by atoms with Crippen molar-refractivity contribution in [3.63, 3.8) is 0 Å². The summed E-state index contributed by atoms with van der Waals surface area (Å²) >= 11 is 0. The number of benzene rings is 1. The largest absolute Gasteiger partial charge is 0.368 e. The number of hydrogen-bond acceptors (Lipinski definition) is 6. The number of likely N-dealkylation sites (tertiary alicyclic amines) is 1. The van der Waals surface area contributed by atoms with Gasteiger partial charge >= 0.3 is 0 Å². The predicted molar refractivity (Wildman–Crippen MR) is 129 cm³/mol. The van der Waals surface area contributed by atoms with Gasteiger partial charge in [-0.25, -0.2) is 13.8 Å². The maximum atomic E-state index is 15.2. The van der Waals surface area contributed by atoms with Gasteiger partial charge in [-0.3, -0.25) is 14.7 Å². The van der Waals surface area contributed by atoms with E-state index in [0.29, 0.717) is 29.5 Å². The number of carbonyl (C=O) groups is 2. The van der Waals surface area contributed by atoms with Crippen molar-refractivity contribution in [1.29, 1.82) is 0 Å². The fraction of sp³-hybridized carbons (Fsp3) is 0.360. The highest BCUT2D eigenvalue weighted by Gasteiger charge is 2.35. The first-order valence-corrected chi connectivity index (χ1v) is 11.9. The van der Waals surface area contributed by atoms with E-state index >= 15 is 4.39 Å². The van der Waals surface area contributed by atoms with Crippen molar-refractivity contribution < 1.29 is 18.4 Å². The summed E-state index contributed by atoms with van der Waals surface area (Å²) in [6.45, 7) is 1.82. The van der Waals surface area contributed by atoms with E-state index in [2.05, 4.69) is 25.8 Å². The Balaban J connectivity index is 1.46. The zero-order valence-electron chi connectivity index (χ0n) is 19.7. The first-order valence-electron chi connectivity index (χ1n) is 11.9. The maximum absolute atomic E-state index is 15.2. The minimum Gasteiger partial charge on any atom is -0.368 e. The van der Waals surface area contributed by atoms with Gasteiger partial charge in [-0.1, -0.05) is 12.1 Å². The normalized spacial score (nSPS) is 18.4. The van der Waals surface area contributed by atoms with Gasteiger partial charge < -0.3 is 21.3 Å². The van der Waals surface area contributed by atoms with Crippen molar-refractivity contribution in [3.8, 4) is 0 Å². The van der Waals surface area contributed by atoms with Gasteiger partial charge in [0.05, 0.1) is 6.54 Å². The van der Waals surface area contributed by atoms with E-state index in [9.17, 15) is 14.0 Å². The molecule has 2 aromatic heterocycles. The number of nitrogens with one attached hydrogen (secondary N) is 3. The van der Waals surface area contributed by atoms with E-state index in [1.165, 1.54) is 23.1 Å². The molecule has 1 unspecified atom stereocenters. The molecule has 0 radical (unpaired) electrons. The number of nitrogens with zero attached hydrogens (tertiary/aromatic N) is 3. The van der Waals surface area contributed by atoms with Crippen LogP contribution in [0.15, 0.2) is 36.4 Å². The summed E-state index contributed by atoms with van der Waals surface area (Å²) in [4.78, 5) is 30.2. The molecule has 2 amide bonds. The first-order chi connectivity index (χ1) is 17.3. The van der Waals surface area contributed by atoms with E-state index in [4.69, 9.17) is 5.73 Å². The number of H-pyrrole nitrogens is 1. The number of rotatable bonds is 9. The van der Waals surface area contributed by atoms with Gasteiger partial charge in [-0.15, -0.1) is 0 Å². The molecular formula is C25H27F2N7O2. The van der Waals surface area contributed by atoms with Crippen molar-refractivity contribution in [1.82, 2.24) is 20.1 Å². The Morgan fingerprint density at radius 1 is 1.19 bits per heavy atom. The molecule has 1 saturated heterocycles. The molecule has 36 heavy (non-hydrogen) atoms. The van der Waals surface area contributed by atoms with Crippen molar-refractivity contribution in [2.24, 2.45) is 5.73 Å². The summed E-state index contributed by atoms with van der Waals surface area (Å²) in [6, 6.07) is 8.05. The van der Waals surface area contributed by atoms with Crippen molar-refractivity contribution in [2.75, 3.05) is 10.6 Å². The summed E-state index contributed by atoms with van der Waals surface area (Å²) in [5.74, 6) is -0.654. The van der Waals surface area contributed by atoms with Crippen LogP contribution in [-0.2, 0) is 16.1 Å². The van der Waals surface area contributed by atoms with Crippen LogP contribution in [0.1, 0.15) is 61.4 Å². The monoisotopic (exact) mass is 495 g/mol. The molecule has 3 aromatic rings. The third-order valence-electron chi connectivity index (χ3n) is 6.64. The summed E-state index contributed by atoms with van der Waals surface area (Å²) < 4.78 is 28.6. The molecule has 2 atom stereocenters. The van der Waals surface area contributed by atoms with Crippen LogP contribution in [0.5, 0.6) is 0 Å². The number of amides is 2. The lowest BCUT2D eigenvalue weighted by molar-refractivity contribution is -0.134. The number of hydrogen-bond donors (Lipinski definition) is 4. The highest BCUT2D eigenvalue weighted by molar-refractivity contribution is 5.90. The Morgan fingerprint density at radius 3 is 2.64 bits per heavy atom. The second kappa shape index (κ2) is 9.56.